The fourth-order valence-electron chi connectivity index (χ4n) is 3.34. The molecule has 1 rings (SSSR count). The van der Waals surface area contributed by atoms with Crippen LogP contribution in [0.4, 0.5) is 0 Å². The molecule has 1 atom stereocenters. The maximum absolute atomic E-state index is 12.6. The number of thioether (sulfide) groups is 1. The van der Waals surface area contributed by atoms with Crippen molar-refractivity contribution in [3.63, 3.8) is 0 Å². The number of ketones is 1. The first-order valence-electron chi connectivity index (χ1n) is 9.15. The molecule has 1 aliphatic carbocycles. The summed E-state index contributed by atoms with van der Waals surface area (Å²) < 4.78 is 0. The molecule has 0 spiro atoms. The molecule has 25 heavy (non-hydrogen) atoms. The molecule has 1 aliphatic rings. The van der Waals surface area contributed by atoms with E-state index in [9.17, 15) is 9.59 Å². The predicted molar refractivity (Wildman–Crippen MR) is 107 cm³/mol. The van der Waals surface area contributed by atoms with Gasteiger partial charge in [-0.2, -0.15) is 0 Å². The summed E-state index contributed by atoms with van der Waals surface area (Å²) in [5.41, 5.74) is 1.69. The molecule has 0 heterocycles. The quantitative estimate of drug-likeness (QED) is 0.320. The smallest absolute Gasteiger partial charge is 0.328 e. The Bertz CT molecular complexity index is 582. The zero-order chi connectivity index (χ0) is 19.0. The van der Waals surface area contributed by atoms with Crippen LogP contribution in [0.5, 0.6) is 0 Å². The molecular weight excluding hydrogens is 332 g/mol. The average molecular weight is 365 g/mol. The summed E-state index contributed by atoms with van der Waals surface area (Å²) in [6.07, 6.45) is 10.5. The lowest BCUT2D eigenvalue weighted by atomic mass is 9.68. The summed E-state index contributed by atoms with van der Waals surface area (Å²) in [7, 11) is 0. The van der Waals surface area contributed by atoms with Crippen molar-refractivity contribution < 1.29 is 14.7 Å². The highest BCUT2D eigenvalue weighted by molar-refractivity contribution is 8.04. The molecule has 140 valence electrons. The molecule has 0 saturated heterocycles. The Balaban J connectivity index is 2.94. The minimum absolute atomic E-state index is 0.145. The third-order valence-corrected chi connectivity index (χ3v) is 6.01. The second-order valence-corrected chi connectivity index (χ2v) is 8.68. The van der Waals surface area contributed by atoms with Gasteiger partial charge in [-0.3, -0.25) is 4.79 Å². The molecule has 0 aromatic carbocycles. The van der Waals surface area contributed by atoms with Crippen molar-refractivity contribution in [3.8, 4) is 0 Å². The second kappa shape index (κ2) is 10.0. The third-order valence-electron chi connectivity index (χ3n) is 4.68. The van der Waals surface area contributed by atoms with Gasteiger partial charge in [0.25, 0.3) is 0 Å². The molecule has 1 N–H and O–H groups in total. The van der Waals surface area contributed by atoms with Crippen LogP contribution in [-0.2, 0) is 9.59 Å². The van der Waals surface area contributed by atoms with E-state index >= 15 is 0 Å². The van der Waals surface area contributed by atoms with Gasteiger partial charge < -0.3 is 5.11 Å². The summed E-state index contributed by atoms with van der Waals surface area (Å²) in [4.78, 5) is 24.3. The Morgan fingerprint density at radius 1 is 1.32 bits per heavy atom. The zero-order valence-corrected chi connectivity index (χ0v) is 17.0. The predicted octanol–water partition coefficient (Wildman–Crippen LogP) is 5.78. The third kappa shape index (κ3) is 6.85. The van der Waals surface area contributed by atoms with Gasteiger partial charge in [0.05, 0.1) is 0 Å². The van der Waals surface area contributed by atoms with E-state index in [1.807, 2.05) is 6.08 Å². The first-order chi connectivity index (χ1) is 11.7. The number of Topliss-reactive ketones (excluding diaryl/α,β-unsaturated/α-hetero) is 1. The lowest BCUT2D eigenvalue weighted by Crippen LogP contribution is -2.32. The number of carbonyl (C=O) groups is 2. The van der Waals surface area contributed by atoms with Crippen LogP contribution in [0.2, 0.25) is 0 Å². The molecule has 0 aromatic rings. The van der Waals surface area contributed by atoms with E-state index in [1.165, 1.54) is 25.3 Å². The van der Waals surface area contributed by atoms with Crippen molar-refractivity contribution in [1.29, 1.82) is 0 Å². The normalized spacial score (nSPS) is 21.2. The van der Waals surface area contributed by atoms with Crippen molar-refractivity contribution in [2.45, 2.75) is 66.7 Å². The zero-order valence-electron chi connectivity index (χ0n) is 16.2. The van der Waals surface area contributed by atoms with Gasteiger partial charge in [-0.25, -0.2) is 4.79 Å². The minimum atomic E-state index is -0.934. The van der Waals surface area contributed by atoms with E-state index in [0.29, 0.717) is 12.0 Å². The number of carbonyl (C=O) groups excluding carboxylic acids is 1. The average Bonchev–Trinajstić information content (AvgIpc) is 2.48. The summed E-state index contributed by atoms with van der Waals surface area (Å²) in [6, 6.07) is 0. The number of aliphatic carboxylic acids is 1. The van der Waals surface area contributed by atoms with Crippen LogP contribution in [0, 0.1) is 11.3 Å². The Labute approximate surface area is 156 Å². The first kappa shape index (κ1) is 21.8. The van der Waals surface area contributed by atoms with E-state index in [2.05, 4.69) is 33.8 Å². The number of unbranched alkanes of at least 4 members (excludes halogenated alkanes) is 3. The molecule has 1 unspecified atom stereocenters. The molecule has 0 amide bonds. The summed E-state index contributed by atoms with van der Waals surface area (Å²) >= 11 is 1.70. The molecule has 3 nitrogen and oxygen atoms in total. The van der Waals surface area contributed by atoms with Crippen LogP contribution >= 0.6 is 11.8 Å². The molecular formula is C21H32O3S. The molecule has 4 heteroatoms. The summed E-state index contributed by atoms with van der Waals surface area (Å²) in [5, 5.41) is 8.84. The van der Waals surface area contributed by atoms with Gasteiger partial charge in [0.15, 0.2) is 5.78 Å². The van der Waals surface area contributed by atoms with E-state index < -0.39 is 5.97 Å². The molecule has 0 bridgehead atoms. The van der Waals surface area contributed by atoms with E-state index in [1.54, 1.807) is 18.7 Å². The van der Waals surface area contributed by atoms with Crippen molar-refractivity contribution >= 4 is 23.5 Å². The van der Waals surface area contributed by atoms with Gasteiger partial charge in [0.2, 0.25) is 0 Å². The minimum Gasteiger partial charge on any atom is -0.478 e. The highest BCUT2D eigenvalue weighted by Crippen LogP contribution is 2.45. The van der Waals surface area contributed by atoms with Crippen molar-refractivity contribution in [1.82, 2.24) is 0 Å². The van der Waals surface area contributed by atoms with E-state index in [0.717, 1.165) is 22.7 Å². The molecule has 0 radical (unpaired) electrons. The van der Waals surface area contributed by atoms with Crippen molar-refractivity contribution in [3.05, 3.63) is 34.3 Å². The van der Waals surface area contributed by atoms with Gasteiger partial charge in [0, 0.05) is 23.3 Å². The molecule has 0 aliphatic heterocycles. The fourth-order valence-corrected chi connectivity index (χ4v) is 4.48. The number of carboxylic acids is 1. The SMILES string of the molecule is CCCCCCSC1=C(C)C(/C=C/C(C)=C\C(=O)O)C(C)(C)CC1=O. The summed E-state index contributed by atoms with van der Waals surface area (Å²) in [6.45, 7) is 10.3. The van der Waals surface area contributed by atoms with Crippen LogP contribution in [0.3, 0.4) is 0 Å². The highest BCUT2D eigenvalue weighted by atomic mass is 32.2. The largest absolute Gasteiger partial charge is 0.478 e. The Morgan fingerprint density at radius 3 is 2.60 bits per heavy atom. The van der Waals surface area contributed by atoms with E-state index in [-0.39, 0.29) is 17.1 Å². The molecule has 0 saturated carbocycles. The van der Waals surface area contributed by atoms with Crippen LogP contribution < -0.4 is 0 Å². The van der Waals surface area contributed by atoms with Gasteiger partial charge >= 0.3 is 5.97 Å². The topological polar surface area (TPSA) is 54.4 Å². The van der Waals surface area contributed by atoms with Crippen LogP contribution in [-0.4, -0.2) is 22.6 Å². The second-order valence-electron chi connectivity index (χ2n) is 7.57. The van der Waals surface area contributed by atoms with E-state index in [4.69, 9.17) is 5.11 Å². The van der Waals surface area contributed by atoms with Gasteiger partial charge in [-0.05, 0) is 42.6 Å². The lowest BCUT2D eigenvalue weighted by Gasteiger charge is -2.38. The first-order valence-corrected chi connectivity index (χ1v) is 10.1. The van der Waals surface area contributed by atoms with Crippen molar-refractivity contribution in [2.75, 3.05) is 5.75 Å². The molecule has 0 fully saturated rings. The fraction of sp³-hybridized carbons (Fsp3) is 0.619. The highest BCUT2D eigenvalue weighted by Gasteiger charge is 2.38. The number of hydrogen-bond donors (Lipinski definition) is 1. The van der Waals surface area contributed by atoms with Crippen LogP contribution in [0.1, 0.15) is 66.7 Å². The number of rotatable bonds is 9. The lowest BCUT2D eigenvalue weighted by molar-refractivity contribution is -0.131. The Kier molecular flexibility index (Phi) is 8.70. The van der Waals surface area contributed by atoms with Gasteiger partial charge in [-0.15, -0.1) is 11.8 Å². The van der Waals surface area contributed by atoms with Crippen LogP contribution in [0.15, 0.2) is 34.3 Å². The number of allylic oxidation sites excluding steroid dienone is 5. The molecule has 0 aromatic heterocycles. The maximum Gasteiger partial charge on any atom is 0.328 e. The summed E-state index contributed by atoms with van der Waals surface area (Å²) in [5.74, 6) is 0.467. The standard InChI is InChI=1S/C21H32O3S/c1-6-7-8-9-12-25-20-16(3)17(21(4,5)14-18(20)22)11-10-15(2)13-19(23)24/h10-11,13,17H,6-9,12,14H2,1-5H3,(H,23,24)/b11-10+,15-13-. The van der Waals surface area contributed by atoms with Crippen molar-refractivity contribution in [2.24, 2.45) is 11.3 Å². The number of hydrogen-bond acceptors (Lipinski definition) is 3. The Hall–Kier alpha value is -1.29. The van der Waals surface area contributed by atoms with Crippen LogP contribution in [0.25, 0.3) is 0 Å². The van der Waals surface area contributed by atoms with Gasteiger partial charge in [-0.1, -0.05) is 52.2 Å². The number of carboxylic acid groups (broad SMARTS) is 1. The Morgan fingerprint density at radius 2 is 2.00 bits per heavy atom. The van der Waals surface area contributed by atoms with Gasteiger partial charge in [0.1, 0.15) is 0 Å². The maximum atomic E-state index is 12.6. The monoisotopic (exact) mass is 364 g/mol.